The van der Waals surface area contributed by atoms with Gasteiger partial charge in [0.1, 0.15) is 17.5 Å². The van der Waals surface area contributed by atoms with Crippen molar-refractivity contribution in [3.8, 4) is 11.8 Å². The van der Waals surface area contributed by atoms with E-state index in [4.69, 9.17) is 5.26 Å². The fraction of sp³-hybridized carbons (Fsp3) is 0.0833. The number of halogens is 1. The molecule has 18 heavy (non-hydrogen) atoms. The second-order valence-corrected chi connectivity index (χ2v) is 4.15. The van der Waals surface area contributed by atoms with Crippen LogP contribution in [0.1, 0.15) is 11.3 Å². The van der Waals surface area contributed by atoms with Crippen molar-refractivity contribution in [2.24, 2.45) is 0 Å². The standard InChI is InChI=1S/C12H8BrN3O2/c13-7-9-3-4-11(12(6-9)16(17)18)15-5-1-2-10(15)8-14/h1-6H,7H2. The van der Waals surface area contributed by atoms with Crippen LogP contribution in [0.4, 0.5) is 5.69 Å². The van der Waals surface area contributed by atoms with E-state index in [1.165, 1.54) is 10.6 Å². The first-order valence-electron chi connectivity index (χ1n) is 5.08. The average molecular weight is 306 g/mol. The second-order valence-electron chi connectivity index (χ2n) is 3.59. The molecule has 1 aromatic heterocycles. The number of hydrogen-bond acceptors (Lipinski definition) is 3. The lowest BCUT2D eigenvalue weighted by atomic mass is 10.2. The first kappa shape index (κ1) is 12.3. The zero-order valence-corrected chi connectivity index (χ0v) is 10.8. The molecular formula is C12H8BrN3O2. The van der Waals surface area contributed by atoms with Crippen molar-refractivity contribution in [1.82, 2.24) is 4.57 Å². The van der Waals surface area contributed by atoms with E-state index in [1.54, 1.807) is 30.5 Å². The maximum absolute atomic E-state index is 11.1. The first-order chi connectivity index (χ1) is 8.67. The van der Waals surface area contributed by atoms with E-state index in [1.807, 2.05) is 6.07 Å². The van der Waals surface area contributed by atoms with Crippen molar-refractivity contribution >= 4 is 21.6 Å². The van der Waals surface area contributed by atoms with Crippen molar-refractivity contribution in [2.75, 3.05) is 0 Å². The molecule has 0 aliphatic heterocycles. The van der Waals surface area contributed by atoms with Gasteiger partial charge in [-0.15, -0.1) is 0 Å². The molecule has 0 spiro atoms. The molecule has 90 valence electrons. The van der Waals surface area contributed by atoms with Gasteiger partial charge < -0.3 is 4.57 Å². The zero-order chi connectivity index (χ0) is 13.1. The highest BCUT2D eigenvalue weighted by Crippen LogP contribution is 2.26. The highest BCUT2D eigenvalue weighted by molar-refractivity contribution is 9.08. The van der Waals surface area contributed by atoms with Gasteiger partial charge in [-0.05, 0) is 23.8 Å². The predicted molar refractivity (Wildman–Crippen MR) is 69.8 cm³/mol. The van der Waals surface area contributed by atoms with E-state index in [9.17, 15) is 10.1 Å². The van der Waals surface area contributed by atoms with Gasteiger partial charge in [0.2, 0.25) is 0 Å². The van der Waals surface area contributed by atoms with Gasteiger partial charge in [-0.1, -0.05) is 22.0 Å². The molecule has 2 aromatic rings. The number of hydrogen-bond donors (Lipinski definition) is 0. The number of alkyl halides is 1. The number of nitrogens with zero attached hydrogens (tertiary/aromatic N) is 3. The molecule has 1 heterocycles. The molecule has 6 heteroatoms. The fourth-order valence-electron chi connectivity index (χ4n) is 1.68. The van der Waals surface area contributed by atoms with Crippen LogP contribution in [0.25, 0.3) is 5.69 Å². The number of aromatic nitrogens is 1. The second kappa shape index (κ2) is 5.02. The monoisotopic (exact) mass is 305 g/mol. The van der Waals surface area contributed by atoms with Gasteiger partial charge in [0, 0.05) is 17.6 Å². The molecule has 1 aromatic carbocycles. The summed E-state index contributed by atoms with van der Waals surface area (Å²) in [5, 5.41) is 20.6. The minimum atomic E-state index is -0.442. The van der Waals surface area contributed by atoms with Gasteiger partial charge in [-0.3, -0.25) is 10.1 Å². The third kappa shape index (κ3) is 2.13. The Kier molecular flexibility index (Phi) is 3.44. The Morgan fingerprint density at radius 1 is 1.44 bits per heavy atom. The van der Waals surface area contributed by atoms with Crippen molar-refractivity contribution in [2.45, 2.75) is 5.33 Å². The van der Waals surface area contributed by atoms with Crippen LogP contribution in [0.3, 0.4) is 0 Å². The lowest BCUT2D eigenvalue weighted by molar-refractivity contribution is -0.384. The molecule has 0 bridgehead atoms. The van der Waals surface area contributed by atoms with Gasteiger partial charge in [-0.2, -0.15) is 5.26 Å². The smallest absolute Gasteiger partial charge is 0.293 e. The Morgan fingerprint density at radius 2 is 2.22 bits per heavy atom. The molecule has 0 N–H and O–H groups in total. The lowest BCUT2D eigenvalue weighted by Crippen LogP contribution is -2.01. The predicted octanol–water partition coefficient (Wildman–Crippen LogP) is 3.15. The molecule has 0 atom stereocenters. The van der Waals surface area contributed by atoms with Crippen molar-refractivity contribution in [3.63, 3.8) is 0 Å². The Labute approximate surface area is 112 Å². The maximum Gasteiger partial charge on any atom is 0.293 e. The Balaban J connectivity index is 2.65. The fourth-order valence-corrected chi connectivity index (χ4v) is 2.03. The summed E-state index contributed by atoms with van der Waals surface area (Å²) in [4.78, 5) is 10.6. The summed E-state index contributed by atoms with van der Waals surface area (Å²) < 4.78 is 1.51. The maximum atomic E-state index is 11.1. The van der Waals surface area contributed by atoms with E-state index in [0.717, 1.165) is 5.56 Å². The Hall–Kier alpha value is -2.13. The quantitative estimate of drug-likeness (QED) is 0.497. The van der Waals surface area contributed by atoms with Crippen LogP contribution in [-0.2, 0) is 5.33 Å². The highest BCUT2D eigenvalue weighted by atomic mass is 79.9. The molecule has 0 aliphatic rings. The van der Waals surface area contributed by atoms with Crippen LogP contribution in [0.15, 0.2) is 36.5 Å². The summed E-state index contributed by atoms with van der Waals surface area (Å²) >= 11 is 3.26. The third-order valence-corrected chi connectivity index (χ3v) is 3.16. The lowest BCUT2D eigenvalue weighted by Gasteiger charge is -2.07. The molecule has 0 unspecified atom stereocenters. The van der Waals surface area contributed by atoms with Crippen LogP contribution in [-0.4, -0.2) is 9.49 Å². The summed E-state index contributed by atoms with van der Waals surface area (Å²) in [6, 6.07) is 10.2. The average Bonchev–Trinajstić information content (AvgIpc) is 2.86. The molecule has 0 amide bonds. The number of rotatable bonds is 3. The Morgan fingerprint density at radius 3 is 2.83 bits per heavy atom. The van der Waals surface area contributed by atoms with Gasteiger partial charge >= 0.3 is 0 Å². The van der Waals surface area contributed by atoms with Crippen molar-refractivity contribution in [1.29, 1.82) is 5.26 Å². The van der Waals surface area contributed by atoms with Crippen LogP contribution < -0.4 is 0 Å². The molecule has 0 fully saturated rings. The summed E-state index contributed by atoms with van der Waals surface area (Å²) in [5.41, 5.74) is 1.56. The van der Waals surface area contributed by atoms with Gasteiger partial charge in [0.05, 0.1) is 4.92 Å². The van der Waals surface area contributed by atoms with E-state index >= 15 is 0 Å². The third-order valence-electron chi connectivity index (χ3n) is 2.51. The SMILES string of the molecule is N#Cc1cccn1-c1ccc(CBr)cc1[N+](=O)[O-]. The number of benzene rings is 1. The van der Waals surface area contributed by atoms with Crippen LogP contribution >= 0.6 is 15.9 Å². The van der Waals surface area contributed by atoms with Crippen molar-refractivity contribution in [3.05, 3.63) is 57.9 Å². The van der Waals surface area contributed by atoms with E-state index in [-0.39, 0.29) is 5.69 Å². The van der Waals surface area contributed by atoms with Crippen LogP contribution in [0, 0.1) is 21.4 Å². The molecule has 5 nitrogen and oxygen atoms in total. The normalized spacial score (nSPS) is 10.0. The Bertz CT molecular complexity index is 643. The van der Waals surface area contributed by atoms with Crippen LogP contribution in [0.2, 0.25) is 0 Å². The molecule has 2 rings (SSSR count). The summed E-state index contributed by atoms with van der Waals surface area (Å²) in [7, 11) is 0. The molecule has 0 saturated heterocycles. The topological polar surface area (TPSA) is 71.9 Å². The van der Waals surface area contributed by atoms with Crippen LogP contribution in [0.5, 0.6) is 0 Å². The minimum Gasteiger partial charge on any atom is -0.302 e. The van der Waals surface area contributed by atoms with E-state index < -0.39 is 4.92 Å². The van der Waals surface area contributed by atoms with Crippen molar-refractivity contribution < 1.29 is 4.92 Å². The molecule has 0 aliphatic carbocycles. The summed E-state index contributed by atoms with van der Waals surface area (Å²) in [6.45, 7) is 0. The molecular weight excluding hydrogens is 298 g/mol. The largest absolute Gasteiger partial charge is 0.302 e. The number of nitro groups is 1. The highest BCUT2D eigenvalue weighted by Gasteiger charge is 2.17. The van der Waals surface area contributed by atoms with Gasteiger partial charge in [0.15, 0.2) is 0 Å². The minimum absolute atomic E-state index is 0.0142. The summed E-state index contributed by atoms with van der Waals surface area (Å²) in [5.74, 6) is 0. The molecule has 0 saturated carbocycles. The number of nitriles is 1. The van der Waals surface area contributed by atoms with E-state index in [0.29, 0.717) is 16.7 Å². The first-order valence-corrected chi connectivity index (χ1v) is 6.20. The van der Waals surface area contributed by atoms with Gasteiger partial charge in [-0.25, -0.2) is 0 Å². The van der Waals surface area contributed by atoms with Gasteiger partial charge in [0.25, 0.3) is 5.69 Å². The summed E-state index contributed by atoms with van der Waals surface area (Å²) in [6.07, 6.45) is 1.63. The number of nitro benzene ring substituents is 1. The van der Waals surface area contributed by atoms with E-state index in [2.05, 4.69) is 15.9 Å². The zero-order valence-electron chi connectivity index (χ0n) is 9.21. The molecule has 0 radical (unpaired) electrons.